The van der Waals surface area contributed by atoms with Crippen molar-refractivity contribution in [2.45, 2.75) is 78.1 Å². The summed E-state index contributed by atoms with van der Waals surface area (Å²) in [6.45, 7) is 9.64. The maximum absolute atomic E-state index is 12.4. The van der Waals surface area contributed by atoms with Crippen LogP contribution in [0.25, 0.3) is 0 Å². The van der Waals surface area contributed by atoms with Gasteiger partial charge in [0.15, 0.2) is 0 Å². The third-order valence-corrected chi connectivity index (χ3v) is 12.7. The fourth-order valence-corrected chi connectivity index (χ4v) is 10.9. The van der Waals surface area contributed by atoms with Gasteiger partial charge in [0.2, 0.25) is 0 Å². The van der Waals surface area contributed by atoms with E-state index in [1.807, 2.05) is 13.8 Å². The van der Waals surface area contributed by atoms with Crippen molar-refractivity contribution < 1.29 is 19.1 Å². The number of hydrogen-bond acceptors (Lipinski definition) is 6. The lowest BCUT2D eigenvalue weighted by Gasteiger charge is -2.59. The second-order valence-electron chi connectivity index (χ2n) is 11.7. The molecule has 2 aromatic rings. The smallest absolute Gasteiger partial charge is 0.348 e. The first-order valence-electron chi connectivity index (χ1n) is 13.4. The van der Waals surface area contributed by atoms with E-state index >= 15 is 0 Å². The number of ether oxygens (including phenoxy) is 2. The number of hydrogen-bond donors (Lipinski definition) is 0. The molecule has 6 heteroatoms. The molecular weight excluding hydrogens is 476 g/mol. The molecule has 0 spiro atoms. The molecule has 0 saturated heterocycles. The lowest BCUT2D eigenvalue weighted by atomic mass is 9.45. The van der Waals surface area contributed by atoms with Crippen LogP contribution in [0, 0.1) is 29.1 Å². The molecule has 2 heterocycles. The molecule has 2 saturated carbocycles. The summed E-state index contributed by atoms with van der Waals surface area (Å²) < 4.78 is 10.6. The molecule has 4 aliphatic carbocycles. The molecule has 2 fully saturated rings. The van der Waals surface area contributed by atoms with Crippen LogP contribution >= 0.6 is 22.7 Å². The van der Waals surface area contributed by atoms with Crippen LogP contribution in [0.15, 0.2) is 12.1 Å². The fraction of sp³-hybridized carbons (Fsp3) is 0.655. The molecule has 6 atom stereocenters. The molecule has 4 aliphatic rings. The summed E-state index contributed by atoms with van der Waals surface area (Å²) in [5, 5.41) is 0. The van der Waals surface area contributed by atoms with Crippen LogP contribution in [-0.4, -0.2) is 25.2 Å². The zero-order chi connectivity index (χ0) is 24.5. The lowest BCUT2D eigenvalue weighted by molar-refractivity contribution is -0.0748. The SMILES string of the molecule is CCOC(=O)c1cc2c(s1)C[C@@H]1CC[C@@H]3[C@H](CC[C@]4(C)c5sc(C(=O)OCC)cc5C[C@@H]34)[C@@]1(C)C2. The van der Waals surface area contributed by atoms with Gasteiger partial charge < -0.3 is 9.47 Å². The van der Waals surface area contributed by atoms with Crippen LogP contribution in [0.1, 0.15) is 93.6 Å². The molecule has 0 bridgehead atoms. The third-order valence-electron chi connectivity index (χ3n) is 10.1. The summed E-state index contributed by atoms with van der Waals surface area (Å²) in [4.78, 5) is 29.2. The molecule has 35 heavy (non-hydrogen) atoms. The topological polar surface area (TPSA) is 52.6 Å². The Morgan fingerprint density at radius 3 is 2.31 bits per heavy atom. The first kappa shape index (κ1) is 23.7. The van der Waals surface area contributed by atoms with Gasteiger partial charge in [-0.3, -0.25) is 0 Å². The van der Waals surface area contributed by atoms with E-state index in [4.69, 9.17) is 9.47 Å². The van der Waals surface area contributed by atoms with E-state index in [-0.39, 0.29) is 17.4 Å². The predicted octanol–water partition coefficient (Wildman–Crippen LogP) is 6.83. The standard InChI is InChI=1S/C29H36O4S2/c1-5-32-26(30)23-13-17-15-29(4)18(14-22(17)34-23)7-8-19-20(29)9-10-28(3)21(19)11-16-12-24(35-25(16)28)27(31)33-6-2/h12-13,18-21H,5-11,14-15H2,1-4H3/t18-,19+,20-,21-,28-,29-/m0/s1. The summed E-state index contributed by atoms with van der Waals surface area (Å²) in [7, 11) is 0. The molecule has 0 N–H and O–H groups in total. The average molecular weight is 513 g/mol. The van der Waals surface area contributed by atoms with Gasteiger partial charge in [-0.1, -0.05) is 13.8 Å². The summed E-state index contributed by atoms with van der Waals surface area (Å²) in [6.07, 6.45) is 8.41. The second kappa shape index (κ2) is 8.44. The van der Waals surface area contributed by atoms with Gasteiger partial charge in [-0.2, -0.15) is 0 Å². The lowest BCUT2D eigenvalue weighted by Crippen LogP contribution is -2.54. The van der Waals surface area contributed by atoms with Crippen molar-refractivity contribution in [1.29, 1.82) is 0 Å². The largest absolute Gasteiger partial charge is 0.462 e. The van der Waals surface area contributed by atoms with E-state index in [0.717, 1.165) is 40.9 Å². The zero-order valence-corrected chi connectivity index (χ0v) is 22.9. The Hall–Kier alpha value is -1.66. The molecule has 0 amide bonds. The van der Waals surface area contributed by atoms with Crippen LogP contribution in [0.3, 0.4) is 0 Å². The molecule has 6 rings (SSSR count). The van der Waals surface area contributed by atoms with Gasteiger partial charge in [0, 0.05) is 15.2 Å². The van der Waals surface area contributed by atoms with Crippen LogP contribution in [0.2, 0.25) is 0 Å². The van der Waals surface area contributed by atoms with Crippen molar-refractivity contribution in [2.24, 2.45) is 29.1 Å². The number of carbonyl (C=O) groups is 2. The Bertz CT molecular complexity index is 1180. The van der Waals surface area contributed by atoms with E-state index in [9.17, 15) is 9.59 Å². The second-order valence-corrected chi connectivity index (χ2v) is 13.9. The highest BCUT2D eigenvalue weighted by Crippen LogP contribution is 2.66. The summed E-state index contributed by atoms with van der Waals surface area (Å²) in [5.41, 5.74) is 3.29. The van der Waals surface area contributed by atoms with E-state index in [0.29, 0.717) is 30.5 Å². The number of esters is 2. The van der Waals surface area contributed by atoms with Crippen LogP contribution in [0.5, 0.6) is 0 Å². The summed E-state index contributed by atoms with van der Waals surface area (Å²) in [5.74, 6) is 2.54. The van der Waals surface area contributed by atoms with Crippen molar-refractivity contribution in [1.82, 2.24) is 0 Å². The molecule has 0 aromatic carbocycles. The van der Waals surface area contributed by atoms with Gasteiger partial charge in [0.05, 0.1) is 13.2 Å². The van der Waals surface area contributed by atoms with Gasteiger partial charge in [-0.15, -0.1) is 22.7 Å². The Morgan fingerprint density at radius 1 is 0.914 bits per heavy atom. The van der Waals surface area contributed by atoms with Crippen LogP contribution < -0.4 is 0 Å². The Labute approximate surface area is 216 Å². The maximum Gasteiger partial charge on any atom is 0.348 e. The summed E-state index contributed by atoms with van der Waals surface area (Å²) in [6, 6.07) is 4.28. The Morgan fingerprint density at radius 2 is 1.60 bits per heavy atom. The highest BCUT2D eigenvalue weighted by molar-refractivity contribution is 7.14. The Kier molecular flexibility index (Phi) is 5.72. The maximum atomic E-state index is 12.4. The Balaban J connectivity index is 1.26. The minimum absolute atomic E-state index is 0.161. The van der Waals surface area contributed by atoms with Crippen molar-refractivity contribution >= 4 is 34.6 Å². The zero-order valence-electron chi connectivity index (χ0n) is 21.3. The van der Waals surface area contributed by atoms with E-state index < -0.39 is 0 Å². The first-order chi connectivity index (χ1) is 16.8. The number of fused-ring (bicyclic) bond motifs is 8. The van der Waals surface area contributed by atoms with Crippen LogP contribution in [-0.2, 0) is 34.2 Å². The van der Waals surface area contributed by atoms with Gasteiger partial charge in [0.1, 0.15) is 9.75 Å². The van der Waals surface area contributed by atoms with Crippen molar-refractivity contribution in [2.75, 3.05) is 13.2 Å². The highest BCUT2D eigenvalue weighted by atomic mass is 32.1. The molecule has 2 aromatic heterocycles. The normalized spacial score (nSPS) is 34.7. The van der Waals surface area contributed by atoms with Crippen molar-refractivity contribution in [3.63, 3.8) is 0 Å². The minimum atomic E-state index is -0.162. The van der Waals surface area contributed by atoms with E-state index in [1.165, 1.54) is 46.6 Å². The molecular formula is C29H36O4S2. The number of carbonyl (C=O) groups excluding carboxylic acids is 2. The fourth-order valence-electron chi connectivity index (χ4n) is 8.45. The van der Waals surface area contributed by atoms with Crippen molar-refractivity contribution in [3.05, 3.63) is 42.8 Å². The van der Waals surface area contributed by atoms with Gasteiger partial charge in [-0.25, -0.2) is 9.59 Å². The average Bonchev–Trinajstić information content (AvgIpc) is 3.50. The number of rotatable bonds is 4. The molecule has 0 unspecified atom stereocenters. The van der Waals surface area contributed by atoms with Crippen molar-refractivity contribution in [3.8, 4) is 0 Å². The molecule has 4 nitrogen and oxygen atoms in total. The van der Waals surface area contributed by atoms with Gasteiger partial charge in [-0.05, 0) is 111 Å². The minimum Gasteiger partial charge on any atom is -0.462 e. The van der Waals surface area contributed by atoms with E-state index in [2.05, 4.69) is 26.0 Å². The van der Waals surface area contributed by atoms with E-state index in [1.54, 1.807) is 22.7 Å². The predicted molar refractivity (Wildman–Crippen MR) is 140 cm³/mol. The molecule has 0 aliphatic heterocycles. The summed E-state index contributed by atoms with van der Waals surface area (Å²) >= 11 is 3.37. The molecule has 0 radical (unpaired) electrons. The molecule has 188 valence electrons. The monoisotopic (exact) mass is 512 g/mol. The quantitative estimate of drug-likeness (QED) is 0.421. The van der Waals surface area contributed by atoms with Gasteiger partial charge in [0.25, 0.3) is 0 Å². The number of thiophene rings is 2. The highest BCUT2D eigenvalue weighted by Gasteiger charge is 2.59. The first-order valence-corrected chi connectivity index (χ1v) is 15.0. The third kappa shape index (κ3) is 3.49. The van der Waals surface area contributed by atoms with Crippen LogP contribution in [0.4, 0.5) is 0 Å². The van der Waals surface area contributed by atoms with Gasteiger partial charge >= 0.3 is 11.9 Å².